The monoisotopic (exact) mass is 190 g/mol. The van der Waals surface area contributed by atoms with Crippen molar-refractivity contribution in [2.24, 2.45) is 5.73 Å². The van der Waals surface area contributed by atoms with Crippen molar-refractivity contribution in [1.29, 1.82) is 0 Å². The van der Waals surface area contributed by atoms with Crippen molar-refractivity contribution in [1.82, 2.24) is 4.98 Å². The van der Waals surface area contributed by atoms with Gasteiger partial charge < -0.3 is 17.2 Å². The number of pyridine rings is 1. The van der Waals surface area contributed by atoms with E-state index >= 15 is 0 Å². The molecule has 0 aliphatic carbocycles. The van der Waals surface area contributed by atoms with Crippen molar-refractivity contribution in [3.63, 3.8) is 0 Å². The molecule has 6 N–H and O–H groups in total. The van der Waals surface area contributed by atoms with Crippen LogP contribution in [0, 0.1) is 18.8 Å². The van der Waals surface area contributed by atoms with Crippen LogP contribution < -0.4 is 17.2 Å². The lowest BCUT2D eigenvalue weighted by Gasteiger charge is -2.04. The first kappa shape index (κ1) is 10.4. The molecule has 0 amide bonds. The predicted octanol–water partition coefficient (Wildman–Crippen LogP) is 0.255. The summed E-state index contributed by atoms with van der Waals surface area (Å²) in [7, 11) is 0. The Bertz CT molecular complexity index is 387. The zero-order valence-corrected chi connectivity index (χ0v) is 8.17. The zero-order chi connectivity index (χ0) is 10.6. The van der Waals surface area contributed by atoms with Crippen LogP contribution in [-0.4, -0.2) is 11.5 Å². The second-order valence-electron chi connectivity index (χ2n) is 2.94. The van der Waals surface area contributed by atoms with Crippen molar-refractivity contribution in [3.05, 3.63) is 17.3 Å². The molecule has 0 saturated carbocycles. The van der Waals surface area contributed by atoms with E-state index in [2.05, 4.69) is 16.8 Å². The van der Waals surface area contributed by atoms with Gasteiger partial charge in [0.1, 0.15) is 5.82 Å². The highest BCUT2D eigenvalue weighted by atomic mass is 14.9. The molecule has 1 rings (SSSR count). The maximum atomic E-state index is 5.71. The Balaban J connectivity index is 3.02. The molecule has 74 valence electrons. The molecule has 0 atom stereocenters. The second-order valence-corrected chi connectivity index (χ2v) is 2.94. The van der Waals surface area contributed by atoms with Crippen molar-refractivity contribution >= 4 is 11.5 Å². The molecule has 0 saturated heterocycles. The second kappa shape index (κ2) is 4.49. The third-order valence-corrected chi connectivity index (χ3v) is 1.91. The average Bonchev–Trinajstić information content (AvgIpc) is 2.18. The summed E-state index contributed by atoms with van der Waals surface area (Å²) in [6.07, 6.45) is 2.30. The lowest BCUT2D eigenvalue weighted by Crippen LogP contribution is -2.02. The molecule has 0 radical (unpaired) electrons. The Morgan fingerprint density at radius 3 is 2.79 bits per heavy atom. The van der Waals surface area contributed by atoms with Crippen LogP contribution in [0.4, 0.5) is 11.5 Å². The third kappa shape index (κ3) is 2.15. The molecule has 0 aliphatic heterocycles. The molecule has 0 spiro atoms. The smallest absolute Gasteiger partial charge is 0.146 e. The molecular weight excluding hydrogens is 176 g/mol. The van der Waals surface area contributed by atoms with E-state index in [1.807, 2.05) is 6.92 Å². The number of hydrogen-bond acceptors (Lipinski definition) is 4. The van der Waals surface area contributed by atoms with E-state index in [4.69, 9.17) is 17.2 Å². The summed E-state index contributed by atoms with van der Waals surface area (Å²) < 4.78 is 0. The number of nitrogen functional groups attached to an aromatic ring is 2. The van der Waals surface area contributed by atoms with Crippen LogP contribution in [-0.2, 0) is 0 Å². The Labute approximate surface area is 83.5 Å². The van der Waals surface area contributed by atoms with Gasteiger partial charge in [-0.3, -0.25) is 0 Å². The fourth-order valence-corrected chi connectivity index (χ4v) is 0.994. The van der Waals surface area contributed by atoms with Gasteiger partial charge in [0.25, 0.3) is 0 Å². The van der Waals surface area contributed by atoms with Crippen molar-refractivity contribution in [2.75, 3.05) is 18.0 Å². The molecular formula is C10H14N4. The largest absolute Gasteiger partial charge is 0.395 e. The Kier molecular flexibility index (Phi) is 3.32. The highest BCUT2D eigenvalue weighted by molar-refractivity contribution is 5.66. The van der Waals surface area contributed by atoms with Gasteiger partial charge in [-0.1, -0.05) is 11.8 Å². The van der Waals surface area contributed by atoms with Gasteiger partial charge in [0.2, 0.25) is 0 Å². The zero-order valence-electron chi connectivity index (χ0n) is 8.17. The van der Waals surface area contributed by atoms with Gasteiger partial charge in [0.15, 0.2) is 0 Å². The van der Waals surface area contributed by atoms with Gasteiger partial charge >= 0.3 is 0 Å². The van der Waals surface area contributed by atoms with E-state index in [0.717, 1.165) is 11.1 Å². The maximum absolute atomic E-state index is 5.71. The minimum atomic E-state index is 0.354. The lowest BCUT2D eigenvalue weighted by molar-refractivity contribution is 1.03. The molecule has 0 aromatic carbocycles. The number of nitrogens with zero attached hydrogens (tertiary/aromatic N) is 1. The van der Waals surface area contributed by atoms with Crippen LogP contribution in [0.5, 0.6) is 0 Å². The third-order valence-electron chi connectivity index (χ3n) is 1.91. The first-order chi connectivity index (χ1) is 6.66. The van der Waals surface area contributed by atoms with Crippen LogP contribution in [0.25, 0.3) is 0 Å². The molecule has 4 heteroatoms. The first-order valence-electron chi connectivity index (χ1n) is 4.36. The van der Waals surface area contributed by atoms with Gasteiger partial charge in [-0.25, -0.2) is 4.98 Å². The highest BCUT2D eigenvalue weighted by Crippen LogP contribution is 2.19. The summed E-state index contributed by atoms with van der Waals surface area (Å²) in [5.74, 6) is 6.23. The van der Waals surface area contributed by atoms with E-state index in [1.54, 1.807) is 6.20 Å². The average molecular weight is 190 g/mol. The summed E-state index contributed by atoms with van der Waals surface area (Å²) in [4.78, 5) is 3.94. The van der Waals surface area contributed by atoms with E-state index in [0.29, 0.717) is 24.5 Å². The van der Waals surface area contributed by atoms with Gasteiger partial charge in [-0.15, -0.1) is 0 Å². The quantitative estimate of drug-likeness (QED) is 0.554. The Hall–Kier alpha value is -1.73. The molecule has 4 nitrogen and oxygen atoms in total. The summed E-state index contributed by atoms with van der Waals surface area (Å²) in [5.41, 5.74) is 18.8. The van der Waals surface area contributed by atoms with Gasteiger partial charge in [-0.2, -0.15) is 0 Å². The van der Waals surface area contributed by atoms with Crippen LogP contribution >= 0.6 is 0 Å². The van der Waals surface area contributed by atoms with Crippen molar-refractivity contribution < 1.29 is 0 Å². The molecule has 1 heterocycles. The summed E-state index contributed by atoms with van der Waals surface area (Å²) in [6.45, 7) is 2.43. The van der Waals surface area contributed by atoms with E-state index in [1.165, 1.54) is 0 Å². The van der Waals surface area contributed by atoms with E-state index in [9.17, 15) is 0 Å². The summed E-state index contributed by atoms with van der Waals surface area (Å²) in [5, 5.41) is 0. The molecule has 1 aromatic heterocycles. The van der Waals surface area contributed by atoms with E-state index < -0.39 is 0 Å². The molecule has 0 bridgehead atoms. The number of aromatic nitrogens is 1. The first-order valence-corrected chi connectivity index (χ1v) is 4.36. The molecule has 0 aliphatic rings. The number of anilines is 2. The number of nitrogens with two attached hydrogens (primary N) is 3. The topological polar surface area (TPSA) is 90.9 Å². The lowest BCUT2D eigenvalue weighted by atomic mass is 10.1. The fourth-order valence-electron chi connectivity index (χ4n) is 0.994. The Morgan fingerprint density at radius 2 is 2.14 bits per heavy atom. The maximum Gasteiger partial charge on any atom is 0.146 e. The normalized spacial score (nSPS) is 9.29. The number of rotatable bonds is 1. The molecule has 14 heavy (non-hydrogen) atoms. The van der Waals surface area contributed by atoms with Crippen LogP contribution in [0.2, 0.25) is 0 Å². The minimum absolute atomic E-state index is 0.354. The minimum Gasteiger partial charge on any atom is -0.395 e. The van der Waals surface area contributed by atoms with Gasteiger partial charge in [0, 0.05) is 24.7 Å². The summed E-state index contributed by atoms with van der Waals surface area (Å²) in [6, 6.07) is 0. The predicted molar refractivity (Wildman–Crippen MR) is 58.3 cm³/mol. The van der Waals surface area contributed by atoms with Gasteiger partial charge in [0.05, 0.1) is 5.69 Å². The van der Waals surface area contributed by atoms with Crippen LogP contribution in [0.3, 0.4) is 0 Å². The Morgan fingerprint density at radius 1 is 1.43 bits per heavy atom. The van der Waals surface area contributed by atoms with Gasteiger partial charge in [-0.05, 0) is 12.5 Å². The number of hydrogen-bond donors (Lipinski definition) is 3. The van der Waals surface area contributed by atoms with Crippen molar-refractivity contribution in [3.8, 4) is 11.8 Å². The van der Waals surface area contributed by atoms with Crippen molar-refractivity contribution in [2.45, 2.75) is 13.3 Å². The standard InChI is InChI=1S/C10H14N4/c1-7-8(4-2-3-5-11)6-14-10(13)9(7)12/h6H,3,5,11-12H2,1H3,(H2,13,14). The fraction of sp³-hybridized carbons (Fsp3) is 0.300. The molecule has 0 unspecified atom stereocenters. The van der Waals surface area contributed by atoms with Crippen LogP contribution in [0.15, 0.2) is 6.20 Å². The highest BCUT2D eigenvalue weighted by Gasteiger charge is 2.03. The molecule has 0 fully saturated rings. The summed E-state index contributed by atoms with van der Waals surface area (Å²) >= 11 is 0. The van der Waals surface area contributed by atoms with Crippen LogP contribution in [0.1, 0.15) is 17.5 Å². The van der Waals surface area contributed by atoms with E-state index in [-0.39, 0.29) is 0 Å². The SMILES string of the molecule is Cc1c(C#CCCN)cnc(N)c1N. The molecule has 1 aromatic rings.